The van der Waals surface area contributed by atoms with E-state index in [1.165, 1.54) is 26.4 Å². The van der Waals surface area contributed by atoms with Crippen molar-refractivity contribution in [2.45, 2.75) is 20.3 Å². The molecule has 0 saturated heterocycles. The van der Waals surface area contributed by atoms with E-state index in [1.54, 1.807) is 12.1 Å². The Morgan fingerprint density at radius 1 is 1.00 bits per heavy atom. The SMILES string of the molecule is COc1c(-c2ccc(O)cc2)oc2c(OC)c(O)c(CC=C(C)C)c(O)c2c1=O. The fourth-order valence-corrected chi connectivity index (χ4v) is 3.08. The average molecular weight is 398 g/mol. The summed E-state index contributed by atoms with van der Waals surface area (Å²) in [6.07, 6.45) is 2.01. The summed E-state index contributed by atoms with van der Waals surface area (Å²) in [7, 11) is 2.65. The summed E-state index contributed by atoms with van der Waals surface area (Å²) in [5, 5.41) is 30.8. The van der Waals surface area contributed by atoms with Gasteiger partial charge in [-0.05, 0) is 44.5 Å². The first-order chi connectivity index (χ1) is 13.8. The molecule has 0 bridgehead atoms. The highest BCUT2D eigenvalue weighted by Gasteiger charge is 2.27. The van der Waals surface area contributed by atoms with Gasteiger partial charge in [0.15, 0.2) is 17.1 Å². The number of phenols is 3. The van der Waals surface area contributed by atoms with Gasteiger partial charge in [0.05, 0.1) is 14.2 Å². The van der Waals surface area contributed by atoms with Crippen LogP contribution in [0.3, 0.4) is 0 Å². The van der Waals surface area contributed by atoms with Gasteiger partial charge in [-0.25, -0.2) is 0 Å². The fourth-order valence-electron chi connectivity index (χ4n) is 3.08. The van der Waals surface area contributed by atoms with Gasteiger partial charge in [0, 0.05) is 11.1 Å². The summed E-state index contributed by atoms with van der Waals surface area (Å²) < 4.78 is 16.5. The zero-order valence-corrected chi connectivity index (χ0v) is 16.6. The predicted molar refractivity (Wildman–Crippen MR) is 109 cm³/mol. The van der Waals surface area contributed by atoms with E-state index in [1.807, 2.05) is 19.9 Å². The van der Waals surface area contributed by atoms with Gasteiger partial charge in [-0.1, -0.05) is 11.6 Å². The molecule has 0 amide bonds. The Bertz CT molecular complexity index is 1150. The third-order valence-corrected chi connectivity index (χ3v) is 4.55. The summed E-state index contributed by atoms with van der Waals surface area (Å²) in [5.41, 5.74) is 0.897. The zero-order chi connectivity index (χ0) is 21.3. The highest BCUT2D eigenvalue weighted by atomic mass is 16.5. The van der Waals surface area contributed by atoms with Crippen LogP contribution in [0.4, 0.5) is 0 Å². The highest BCUT2D eigenvalue weighted by Crippen LogP contribution is 2.46. The number of hydrogen-bond donors (Lipinski definition) is 3. The van der Waals surface area contributed by atoms with Crippen molar-refractivity contribution in [3.8, 4) is 40.1 Å². The number of ether oxygens (including phenoxy) is 2. The molecule has 0 aliphatic rings. The van der Waals surface area contributed by atoms with Crippen LogP contribution in [-0.2, 0) is 6.42 Å². The number of hydrogen-bond acceptors (Lipinski definition) is 7. The third kappa shape index (κ3) is 3.47. The Kier molecular flexibility index (Phi) is 5.41. The van der Waals surface area contributed by atoms with Crippen LogP contribution in [-0.4, -0.2) is 29.5 Å². The second-order valence-electron chi connectivity index (χ2n) is 6.74. The lowest BCUT2D eigenvalue weighted by Gasteiger charge is -2.16. The van der Waals surface area contributed by atoms with Gasteiger partial charge in [-0.15, -0.1) is 0 Å². The van der Waals surface area contributed by atoms with Gasteiger partial charge in [-0.3, -0.25) is 4.79 Å². The molecule has 1 aromatic heterocycles. The first-order valence-electron chi connectivity index (χ1n) is 8.88. The number of rotatable bonds is 5. The number of allylic oxidation sites excluding steroid dienone is 2. The second kappa shape index (κ2) is 7.79. The Balaban J connectivity index is 2.43. The van der Waals surface area contributed by atoms with E-state index in [-0.39, 0.29) is 57.5 Å². The average Bonchev–Trinajstić information content (AvgIpc) is 2.68. The van der Waals surface area contributed by atoms with Crippen molar-refractivity contribution < 1.29 is 29.2 Å². The Morgan fingerprint density at radius 3 is 2.17 bits per heavy atom. The van der Waals surface area contributed by atoms with E-state index in [2.05, 4.69) is 0 Å². The molecule has 3 rings (SSSR count). The largest absolute Gasteiger partial charge is 0.508 e. The van der Waals surface area contributed by atoms with Crippen LogP contribution in [0.1, 0.15) is 19.4 Å². The lowest BCUT2D eigenvalue weighted by atomic mass is 10.0. The number of benzene rings is 2. The molecule has 0 spiro atoms. The van der Waals surface area contributed by atoms with Crippen molar-refractivity contribution >= 4 is 11.0 Å². The Hall–Kier alpha value is -3.61. The van der Waals surface area contributed by atoms with Crippen molar-refractivity contribution in [3.05, 3.63) is 51.7 Å². The van der Waals surface area contributed by atoms with E-state index >= 15 is 0 Å². The standard InChI is InChI=1S/C22H22O7/c1-11(2)5-10-14-16(24)15-18(26)22(28-4)19(12-6-8-13(23)9-7-12)29-20(15)21(27-3)17(14)25/h5-9,23-25H,10H2,1-4H3. The van der Waals surface area contributed by atoms with Crippen molar-refractivity contribution in [2.75, 3.05) is 14.2 Å². The minimum Gasteiger partial charge on any atom is -0.508 e. The smallest absolute Gasteiger partial charge is 0.239 e. The second-order valence-corrected chi connectivity index (χ2v) is 6.74. The molecule has 152 valence electrons. The number of methoxy groups -OCH3 is 2. The maximum absolute atomic E-state index is 13.2. The van der Waals surface area contributed by atoms with Crippen LogP contribution >= 0.6 is 0 Å². The van der Waals surface area contributed by atoms with E-state index < -0.39 is 5.43 Å². The van der Waals surface area contributed by atoms with Crippen LogP contribution in [0.15, 0.2) is 45.1 Å². The molecule has 2 aromatic carbocycles. The first-order valence-corrected chi connectivity index (χ1v) is 8.88. The molecule has 0 atom stereocenters. The maximum atomic E-state index is 13.2. The summed E-state index contributed by atoms with van der Waals surface area (Å²) in [6.45, 7) is 3.77. The highest BCUT2D eigenvalue weighted by molar-refractivity contribution is 5.95. The monoisotopic (exact) mass is 398 g/mol. The number of phenolic OH excluding ortho intramolecular Hbond substituents is 3. The van der Waals surface area contributed by atoms with Crippen LogP contribution in [0.5, 0.6) is 28.7 Å². The molecule has 3 aromatic rings. The van der Waals surface area contributed by atoms with E-state index in [9.17, 15) is 20.1 Å². The summed E-state index contributed by atoms with van der Waals surface area (Å²) in [5.74, 6) is -0.735. The molecule has 0 unspecified atom stereocenters. The lowest BCUT2D eigenvalue weighted by Crippen LogP contribution is -2.09. The topological polar surface area (TPSA) is 109 Å². The van der Waals surface area contributed by atoms with Gasteiger partial charge < -0.3 is 29.2 Å². The fraction of sp³-hybridized carbons (Fsp3) is 0.227. The van der Waals surface area contributed by atoms with E-state index in [0.717, 1.165) is 5.57 Å². The van der Waals surface area contributed by atoms with Crippen LogP contribution < -0.4 is 14.9 Å². The molecule has 7 heteroatoms. The minimum absolute atomic E-state index is 0.0487. The van der Waals surface area contributed by atoms with Crippen LogP contribution in [0.2, 0.25) is 0 Å². The third-order valence-electron chi connectivity index (χ3n) is 4.55. The number of fused-ring (bicyclic) bond motifs is 1. The Labute approximate surface area is 167 Å². The van der Waals surface area contributed by atoms with Crippen LogP contribution in [0, 0.1) is 0 Å². The Morgan fingerprint density at radius 2 is 1.62 bits per heavy atom. The molecule has 0 aliphatic carbocycles. The molecule has 7 nitrogen and oxygen atoms in total. The molecule has 0 radical (unpaired) electrons. The first kappa shape index (κ1) is 20.1. The normalized spacial score (nSPS) is 10.8. The van der Waals surface area contributed by atoms with Crippen molar-refractivity contribution in [2.24, 2.45) is 0 Å². The van der Waals surface area contributed by atoms with Crippen molar-refractivity contribution in [3.63, 3.8) is 0 Å². The molecule has 1 heterocycles. The summed E-state index contributed by atoms with van der Waals surface area (Å²) in [4.78, 5) is 13.2. The molecule has 29 heavy (non-hydrogen) atoms. The van der Waals surface area contributed by atoms with Gasteiger partial charge in [0.1, 0.15) is 16.9 Å². The van der Waals surface area contributed by atoms with Gasteiger partial charge in [0.2, 0.25) is 16.9 Å². The number of aromatic hydroxyl groups is 3. The van der Waals surface area contributed by atoms with Crippen molar-refractivity contribution in [1.29, 1.82) is 0 Å². The zero-order valence-electron chi connectivity index (χ0n) is 16.6. The van der Waals surface area contributed by atoms with Crippen LogP contribution in [0.25, 0.3) is 22.3 Å². The molecular formula is C22H22O7. The van der Waals surface area contributed by atoms with Gasteiger partial charge >= 0.3 is 0 Å². The molecule has 0 fully saturated rings. The maximum Gasteiger partial charge on any atom is 0.239 e. The molecule has 0 saturated carbocycles. The molecule has 0 aliphatic heterocycles. The summed E-state index contributed by atoms with van der Waals surface area (Å²) >= 11 is 0. The summed E-state index contributed by atoms with van der Waals surface area (Å²) in [6, 6.07) is 5.98. The van der Waals surface area contributed by atoms with Gasteiger partial charge in [0.25, 0.3) is 0 Å². The molecular weight excluding hydrogens is 376 g/mol. The van der Waals surface area contributed by atoms with Crippen molar-refractivity contribution in [1.82, 2.24) is 0 Å². The predicted octanol–water partition coefficient (Wildman–Crippen LogP) is 4.10. The quantitative estimate of drug-likeness (QED) is 0.555. The lowest BCUT2D eigenvalue weighted by molar-refractivity contribution is 0.360. The van der Waals surface area contributed by atoms with Gasteiger partial charge in [-0.2, -0.15) is 0 Å². The minimum atomic E-state index is -0.605. The molecule has 3 N–H and O–H groups in total. The van der Waals surface area contributed by atoms with E-state index in [0.29, 0.717) is 5.56 Å². The van der Waals surface area contributed by atoms with E-state index in [4.69, 9.17) is 13.9 Å².